The molecule has 21 heavy (non-hydrogen) atoms. The summed E-state index contributed by atoms with van der Waals surface area (Å²) in [5.74, 6) is -4.93. The fraction of sp³-hybridized carbons (Fsp3) is 0.231. The van der Waals surface area contributed by atoms with Crippen molar-refractivity contribution in [3.63, 3.8) is 0 Å². The molecule has 4 nitrogen and oxygen atoms in total. The summed E-state index contributed by atoms with van der Waals surface area (Å²) in [7, 11) is 0. The lowest BCUT2D eigenvalue weighted by molar-refractivity contribution is -0.151. The number of alkyl halides is 3. The quantitative estimate of drug-likeness (QED) is 0.305. The van der Waals surface area contributed by atoms with Gasteiger partial charge in [0, 0.05) is 11.6 Å². The molecule has 0 aliphatic carbocycles. The molecule has 1 aromatic carbocycles. The van der Waals surface area contributed by atoms with Crippen molar-refractivity contribution in [3.05, 3.63) is 41.2 Å². The highest BCUT2D eigenvalue weighted by atomic mass is 19.4. The first kappa shape index (κ1) is 16.7. The van der Waals surface area contributed by atoms with Gasteiger partial charge in [0.15, 0.2) is 0 Å². The minimum Gasteiger partial charge on any atom is -0.507 e. The number of carbonyl (C=O) groups is 2. The second-order valence-corrected chi connectivity index (χ2v) is 3.81. The van der Waals surface area contributed by atoms with Gasteiger partial charge in [-0.2, -0.15) is 13.2 Å². The number of carbonyl (C=O) groups excluding carboxylic acids is 2. The molecule has 1 rings (SSSR count). The van der Waals surface area contributed by atoms with Crippen LogP contribution in [0.4, 0.5) is 17.6 Å². The van der Waals surface area contributed by atoms with Gasteiger partial charge in [-0.1, -0.05) is 0 Å². The Bertz CT molecular complexity index is 590. The normalized spacial score (nSPS) is 12.1. The number of hydrogen-bond donors (Lipinski definition) is 1. The number of aliphatic hydroxyl groups is 1. The van der Waals surface area contributed by atoms with Gasteiger partial charge in [0.2, 0.25) is 0 Å². The van der Waals surface area contributed by atoms with Crippen molar-refractivity contribution in [2.75, 3.05) is 6.61 Å². The Morgan fingerprint density at radius 2 is 1.95 bits per heavy atom. The van der Waals surface area contributed by atoms with Crippen LogP contribution in [0.25, 0.3) is 5.76 Å². The smallest absolute Gasteiger partial charge is 0.419 e. The third kappa shape index (κ3) is 4.30. The molecule has 1 N–H and O–H groups in total. The summed E-state index contributed by atoms with van der Waals surface area (Å²) in [4.78, 5) is 22.3. The van der Waals surface area contributed by atoms with Gasteiger partial charge >= 0.3 is 12.1 Å². The molecular formula is C13H10F4O4. The molecule has 0 aliphatic rings. The van der Waals surface area contributed by atoms with Gasteiger partial charge in [0.05, 0.1) is 12.2 Å². The van der Waals surface area contributed by atoms with Gasteiger partial charge in [0.25, 0.3) is 5.78 Å². The summed E-state index contributed by atoms with van der Waals surface area (Å²) in [6.45, 7) is 1.37. The Labute approximate surface area is 116 Å². The van der Waals surface area contributed by atoms with Crippen LogP contribution < -0.4 is 0 Å². The van der Waals surface area contributed by atoms with E-state index in [0.29, 0.717) is 18.2 Å². The summed E-state index contributed by atoms with van der Waals surface area (Å²) in [6.07, 6.45) is -4.54. The lowest BCUT2D eigenvalue weighted by Crippen LogP contribution is -2.15. The van der Waals surface area contributed by atoms with E-state index in [2.05, 4.69) is 4.74 Å². The zero-order valence-corrected chi connectivity index (χ0v) is 10.7. The van der Waals surface area contributed by atoms with Gasteiger partial charge in [-0.05, 0) is 25.1 Å². The molecule has 0 radical (unpaired) electrons. The molecule has 0 saturated carbocycles. The summed E-state index contributed by atoms with van der Waals surface area (Å²) < 4.78 is 54.9. The first-order chi connectivity index (χ1) is 9.66. The fourth-order valence-electron chi connectivity index (χ4n) is 1.37. The van der Waals surface area contributed by atoms with E-state index in [1.54, 1.807) is 0 Å². The lowest BCUT2D eigenvalue weighted by atomic mass is 10.1. The maximum absolute atomic E-state index is 13.1. The molecule has 0 bridgehead atoms. The average Bonchev–Trinajstić information content (AvgIpc) is 2.37. The third-order valence-corrected chi connectivity index (χ3v) is 2.31. The van der Waals surface area contributed by atoms with Gasteiger partial charge in [-0.25, -0.2) is 9.18 Å². The third-order valence-electron chi connectivity index (χ3n) is 2.31. The Hall–Kier alpha value is -2.38. The zero-order chi connectivity index (χ0) is 16.2. The standard InChI is InChI=1S/C13H10F4O4/c1-2-21-12(20)11(19)6-10(18)7-3-4-9(14)8(5-7)13(15,16)17/h3-6,18H,2H2,1H3/b10-6-. The highest BCUT2D eigenvalue weighted by Gasteiger charge is 2.34. The predicted octanol–water partition coefficient (Wildman–Crippen LogP) is 2.88. The molecule has 0 heterocycles. The highest BCUT2D eigenvalue weighted by molar-refractivity contribution is 6.39. The minimum absolute atomic E-state index is 0.0755. The van der Waals surface area contributed by atoms with E-state index >= 15 is 0 Å². The topological polar surface area (TPSA) is 63.6 Å². The number of ether oxygens (including phenoxy) is 1. The molecule has 1 aromatic rings. The maximum atomic E-state index is 13.1. The fourth-order valence-corrected chi connectivity index (χ4v) is 1.37. The number of benzene rings is 1. The predicted molar refractivity (Wildman–Crippen MR) is 63.6 cm³/mol. The summed E-state index contributed by atoms with van der Waals surface area (Å²) in [5.41, 5.74) is -2.05. The van der Waals surface area contributed by atoms with Crippen LogP contribution in [-0.2, 0) is 20.5 Å². The van der Waals surface area contributed by atoms with Crippen LogP contribution >= 0.6 is 0 Å². The van der Waals surface area contributed by atoms with Crippen molar-refractivity contribution >= 4 is 17.5 Å². The molecule has 0 fully saturated rings. The number of rotatable bonds is 4. The van der Waals surface area contributed by atoms with Crippen LogP contribution in [0.1, 0.15) is 18.1 Å². The molecular weight excluding hydrogens is 296 g/mol. The number of esters is 1. The zero-order valence-electron chi connectivity index (χ0n) is 10.7. The molecule has 0 atom stereocenters. The molecule has 0 amide bonds. The van der Waals surface area contributed by atoms with E-state index in [1.165, 1.54) is 6.92 Å². The Morgan fingerprint density at radius 3 is 2.48 bits per heavy atom. The van der Waals surface area contributed by atoms with Crippen molar-refractivity contribution in [2.45, 2.75) is 13.1 Å². The molecule has 0 saturated heterocycles. The van der Waals surface area contributed by atoms with Crippen molar-refractivity contribution in [1.82, 2.24) is 0 Å². The number of halogens is 4. The van der Waals surface area contributed by atoms with E-state index < -0.39 is 40.6 Å². The molecule has 0 aliphatic heterocycles. The van der Waals surface area contributed by atoms with Crippen LogP contribution in [0.5, 0.6) is 0 Å². The van der Waals surface area contributed by atoms with Crippen LogP contribution in [0.3, 0.4) is 0 Å². The Kier molecular flexibility index (Phi) is 5.07. The summed E-state index contributed by atoms with van der Waals surface area (Å²) >= 11 is 0. The van der Waals surface area contributed by atoms with Gasteiger partial charge < -0.3 is 9.84 Å². The van der Waals surface area contributed by atoms with Crippen LogP contribution in [0.15, 0.2) is 24.3 Å². The van der Waals surface area contributed by atoms with Gasteiger partial charge in [-0.3, -0.25) is 4.79 Å². The van der Waals surface area contributed by atoms with Gasteiger partial charge in [-0.15, -0.1) is 0 Å². The number of hydrogen-bond acceptors (Lipinski definition) is 4. The van der Waals surface area contributed by atoms with E-state index in [4.69, 9.17) is 0 Å². The SMILES string of the molecule is CCOC(=O)C(=O)/C=C(\O)c1ccc(F)c(C(F)(F)F)c1. The Morgan fingerprint density at radius 1 is 1.33 bits per heavy atom. The monoisotopic (exact) mass is 306 g/mol. The van der Waals surface area contributed by atoms with Crippen molar-refractivity contribution in [3.8, 4) is 0 Å². The second kappa shape index (κ2) is 6.38. The first-order valence-electron chi connectivity index (χ1n) is 5.65. The maximum Gasteiger partial charge on any atom is 0.419 e. The largest absolute Gasteiger partial charge is 0.507 e. The van der Waals surface area contributed by atoms with Crippen LogP contribution in [-0.4, -0.2) is 23.5 Å². The highest BCUT2D eigenvalue weighted by Crippen LogP contribution is 2.32. The number of aliphatic hydroxyl groups excluding tert-OH is 1. The Balaban J connectivity index is 3.11. The van der Waals surface area contributed by atoms with Crippen molar-refractivity contribution in [1.29, 1.82) is 0 Å². The van der Waals surface area contributed by atoms with E-state index in [0.717, 1.165) is 6.07 Å². The minimum atomic E-state index is -4.95. The number of ketones is 1. The van der Waals surface area contributed by atoms with E-state index in [9.17, 15) is 32.3 Å². The lowest BCUT2D eigenvalue weighted by Gasteiger charge is -2.09. The van der Waals surface area contributed by atoms with Crippen LogP contribution in [0, 0.1) is 5.82 Å². The van der Waals surface area contributed by atoms with E-state index in [1.807, 2.05) is 0 Å². The van der Waals surface area contributed by atoms with Crippen molar-refractivity contribution in [2.24, 2.45) is 0 Å². The van der Waals surface area contributed by atoms with Gasteiger partial charge in [0.1, 0.15) is 11.6 Å². The molecule has 8 heteroatoms. The summed E-state index contributed by atoms with van der Waals surface area (Å²) in [5, 5.41) is 9.53. The van der Waals surface area contributed by atoms with Crippen LogP contribution in [0.2, 0.25) is 0 Å². The summed E-state index contributed by atoms with van der Waals surface area (Å²) in [6, 6.07) is 1.67. The second-order valence-electron chi connectivity index (χ2n) is 3.81. The molecule has 114 valence electrons. The molecule has 0 spiro atoms. The molecule has 0 unspecified atom stereocenters. The van der Waals surface area contributed by atoms with Crippen molar-refractivity contribution < 1.29 is 37.0 Å². The first-order valence-corrected chi connectivity index (χ1v) is 5.65. The average molecular weight is 306 g/mol. The van der Waals surface area contributed by atoms with E-state index in [-0.39, 0.29) is 6.61 Å². The molecule has 0 aromatic heterocycles.